The van der Waals surface area contributed by atoms with Gasteiger partial charge in [0.1, 0.15) is 0 Å². The minimum Gasteiger partial charge on any atom is -0.0683 e. The Kier molecular flexibility index (Phi) is 6.48. The summed E-state index contributed by atoms with van der Waals surface area (Å²) in [4.78, 5) is 0. The van der Waals surface area contributed by atoms with Crippen LogP contribution in [0, 0.1) is 13.8 Å². The lowest BCUT2D eigenvalue weighted by Gasteiger charge is -2.27. The van der Waals surface area contributed by atoms with Crippen LogP contribution in [-0.4, -0.2) is 0 Å². The minimum atomic E-state index is 0.0448. The van der Waals surface area contributed by atoms with Crippen molar-refractivity contribution in [2.45, 2.75) is 99.3 Å². The molecular formula is C33H44. The van der Waals surface area contributed by atoms with Crippen molar-refractivity contribution in [1.29, 1.82) is 0 Å². The Morgan fingerprint density at radius 3 is 1.64 bits per heavy atom. The molecule has 0 spiro atoms. The molecule has 0 saturated carbocycles. The summed E-state index contributed by atoms with van der Waals surface area (Å²) in [5, 5.41) is 0. The maximum atomic E-state index is 2.44. The average molecular weight is 441 g/mol. The smallest absolute Gasteiger partial charge is 0.0161 e. The van der Waals surface area contributed by atoms with Crippen molar-refractivity contribution in [3.05, 3.63) is 81.9 Å². The van der Waals surface area contributed by atoms with Crippen LogP contribution in [0.3, 0.4) is 0 Å². The van der Waals surface area contributed by atoms with Crippen molar-refractivity contribution in [2.75, 3.05) is 0 Å². The van der Waals surface area contributed by atoms with Crippen molar-refractivity contribution >= 4 is 0 Å². The lowest BCUT2D eigenvalue weighted by atomic mass is 9.77. The molecule has 0 unspecified atom stereocenters. The fraction of sp³-hybridized carbons (Fsp3) is 0.455. The monoisotopic (exact) mass is 440 g/mol. The number of hydrogen-bond acceptors (Lipinski definition) is 0. The summed E-state index contributed by atoms with van der Waals surface area (Å²) in [6.45, 7) is 27.1. The molecule has 0 heteroatoms. The molecule has 0 nitrogen and oxygen atoms in total. The van der Waals surface area contributed by atoms with E-state index in [1.165, 1.54) is 55.6 Å². The van der Waals surface area contributed by atoms with Crippen LogP contribution in [-0.2, 0) is 16.2 Å². The van der Waals surface area contributed by atoms with E-state index in [2.05, 4.69) is 118 Å². The van der Waals surface area contributed by atoms with Gasteiger partial charge in [0.05, 0.1) is 0 Å². The molecule has 0 N–H and O–H groups in total. The van der Waals surface area contributed by atoms with E-state index in [4.69, 9.17) is 0 Å². The van der Waals surface area contributed by atoms with E-state index >= 15 is 0 Å². The highest BCUT2D eigenvalue weighted by molar-refractivity contribution is 5.86. The zero-order valence-electron chi connectivity index (χ0n) is 23.1. The summed E-state index contributed by atoms with van der Waals surface area (Å²) in [7, 11) is 0. The third kappa shape index (κ3) is 4.54. The molecule has 1 aliphatic rings. The molecule has 0 radical (unpaired) electrons. The second-order valence-corrected chi connectivity index (χ2v) is 12.2. The van der Waals surface area contributed by atoms with E-state index in [1.807, 2.05) is 13.8 Å². The molecule has 176 valence electrons. The van der Waals surface area contributed by atoms with Crippen molar-refractivity contribution in [1.82, 2.24) is 0 Å². The van der Waals surface area contributed by atoms with Gasteiger partial charge < -0.3 is 0 Å². The topological polar surface area (TPSA) is 0 Å². The van der Waals surface area contributed by atoms with Crippen molar-refractivity contribution in [3.63, 3.8) is 0 Å². The number of benzene rings is 3. The Balaban J connectivity index is 0.00000149. The maximum absolute atomic E-state index is 2.44. The van der Waals surface area contributed by atoms with E-state index < -0.39 is 0 Å². The molecule has 33 heavy (non-hydrogen) atoms. The molecular weight excluding hydrogens is 396 g/mol. The van der Waals surface area contributed by atoms with Crippen LogP contribution in [0.1, 0.15) is 103 Å². The van der Waals surface area contributed by atoms with Crippen molar-refractivity contribution < 1.29 is 0 Å². The molecule has 0 fully saturated rings. The minimum absolute atomic E-state index is 0.0448. The predicted molar refractivity (Wildman–Crippen MR) is 148 cm³/mol. The van der Waals surface area contributed by atoms with Gasteiger partial charge in [0, 0.05) is 5.41 Å². The second-order valence-electron chi connectivity index (χ2n) is 12.2. The second kappa shape index (κ2) is 8.46. The van der Waals surface area contributed by atoms with Crippen LogP contribution < -0.4 is 0 Å². The number of fused-ring (bicyclic) bond motifs is 3. The Labute approximate surface area is 203 Å². The quantitative estimate of drug-likeness (QED) is 0.353. The van der Waals surface area contributed by atoms with Gasteiger partial charge in [0.2, 0.25) is 0 Å². The maximum Gasteiger partial charge on any atom is 0.0161 e. The number of rotatable bonds is 1. The van der Waals surface area contributed by atoms with Gasteiger partial charge in [-0.3, -0.25) is 0 Å². The van der Waals surface area contributed by atoms with Crippen LogP contribution in [0.5, 0.6) is 0 Å². The first-order chi connectivity index (χ1) is 15.2. The standard InChI is InChI=1S/C31H38.C2H6/c1-19-11-12-25-26-17-21(14-20(2)28(26)31(9,10)27(25)13-19)22-15-23(29(3,4)5)18-24(16-22)30(6,7)8;1-2/h11-18H,1-10H3;1-2H3. The van der Waals surface area contributed by atoms with Crippen molar-refractivity contribution in [3.8, 4) is 22.3 Å². The molecule has 0 bridgehead atoms. The van der Waals surface area contributed by atoms with Crippen molar-refractivity contribution in [2.24, 2.45) is 0 Å². The molecule has 3 aromatic rings. The summed E-state index contributed by atoms with van der Waals surface area (Å²) in [6.07, 6.45) is 0. The van der Waals surface area contributed by atoms with Crippen LogP contribution in [0.2, 0.25) is 0 Å². The van der Waals surface area contributed by atoms with Gasteiger partial charge in [-0.2, -0.15) is 0 Å². The van der Waals surface area contributed by atoms with Crippen LogP contribution in [0.25, 0.3) is 22.3 Å². The highest BCUT2D eigenvalue weighted by atomic mass is 14.4. The highest BCUT2D eigenvalue weighted by Crippen LogP contribution is 2.51. The van der Waals surface area contributed by atoms with E-state index in [0.29, 0.717) is 0 Å². The lowest BCUT2D eigenvalue weighted by Crippen LogP contribution is -2.17. The third-order valence-electron chi connectivity index (χ3n) is 7.10. The molecule has 1 aliphatic carbocycles. The largest absolute Gasteiger partial charge is 0.0683 e. The summed E-state index contributed by atoms with van der Waals surface area (Å²) in [5.74, 6) is 0. The molecule has 0 saturated heterocycles. The summed E-state index contributed by atoms with van der Waals surface area (Å²) in [6, 6.07) is 19.0. The Morgan fingerprint density at radius 2 is 1.12 bits per heavy atom. The average Bonchev–Trinajstić information content (AvgIpc) is 2.94. The third-order valence-corrected chi connectivity index (χ3v) is 7.10. The first-order valence-electron chi connectivity index (χ1n) is 12.6. The molecule has 4 rings (SSSR count). The Bertz CT molecular complexity index is 1140. The fourth-order valence-corrected chi connectivity index (χ4v) is 5.20. The van der Waals surface area contributed by atoms with Gasteiger partial charge in [0.15, 0.2) is 0 Å². The first-order valence-corrected chi connectivity index (χ1v) is 12.6. The van der Waals surface area contributed by atoms with Gasteiger partial charge in [-0.15, -0.1) is 0 Å². The lowest BCUT2D eigenvalue weighted by molar-refractivity contribution is 0.569. The summed E-state index contributed by atoms with van der Waals surface area (Å²) in [5.41, 5.74) is 14.3. The Morgan fingerprint density at radius 1 is 0.606 bits per heavy atom. The van der Waals surface area contributed by atoms with E-state index in [9.17, 15) is 0 Å². The molecule has 3 aromatic carbocycles. The highest BCUT2D eigenvalue weighted by Gasteiger charge is 2.37. The van der Waals surface area contributed by atoms with Crippen LogP contribution in [0.15, 0.2) is 48.5 Å². The van der Waals surface area contributed by atoms with Crippen LogP contribution in [0.4, 0.5) is 0 Å². The summed E-state index contributed by atoms with van der Waals surface area (Å²) >= 11 is 0. The molecule has 0 heterocycles. The molecule has 0 atom stereocenters. The SMILES string of the molecule is CC.Cc1ccc2c(c1)C(C)(C)c1c(C)cc(-c3cc(C(C)(C)C)cc(C(C)(C)C)c3)cc1-2. The van der Waals surface area contributed by atoms with Gasteiger partial charge >= 0.3 is 0 Å². The molecule has 0 amide bonds. The first kappa shape index (κ1) is 25.3. The predicted octanol–water partition coefficient (Wildman–Crippen LogP) is 9.90. The zero-order chi connectivity index (χ0) is 24.9. The summed E-state index contributed by atoms with van der Waals surface area (Å²) < 4.78 is 0. The zero-order valence-corrected chi connectivity index (χ0v) is 23.1. The van der Waals surface area contributed by atoms with Gasteiger partial charge in [0.25, 0.3) is 0 Å². The normalized spacial score (nSPS) is 14.3. The fourth-order valence-electron chi connectivity index (χ4n) is 5.20. The molecule has 0 aromatic heterocycles. The Hall–Kier alpha value is -2.34. The van der Waals surface area contributed by atoms with E-state index in [-0.39, 0.29) is 16.2 Å². The van der Waals surface area contributed by atoms with Crippen LogP contribution >= 0.6 is 0 Å². The molecule has 0 aliphatic heterocycles. The van der Waals surface area contributed by atoms with Gasteiger partial charge in [-0.25, -0.2) is 0 Å². The number of hydrogen-bond donors (Lipinski definition) is 0. The van der Waals surface area contributed by atoms with Gasteiger partial charge in [-0.05, 0) is 80.8 Å². The van der Waals surface area contributed by atoms with Gasteiger partial charge in [-0.1, -0.05) is 117 Å². The van der Waals surface area contributed by atoms with E-state index in [1.54, 1.807) is 0 Å². The number of aryl methyl sites for hydroxylation is 2. The van der Waals surface area contributed by atoms with E-state index in [0.717, 1.165) is 0 Å².